The van der Waals surface area contributed by atoms with E-state index in [1.807, 2.05) is 19.1 Å². The molecule has 0 aliphatic carbocycles. The maximum absolute atomic E-state index is 11.6. The molecule has 0 radical (unpaired) electrons. The third-order valence-corrected chi connectivity index (χ3v) is 3.99. The van der Waals surface area contributed by atoms with Crippen molar-refractivity contribution >= 4 is 10.9 Å². The fourth-order valence-corrected chi connectivity index (χ4v) is 2.87. The number of aromatic amines is 1. The number of benzene rings is 1. The molecule has 3 nitrogen and oxygen atoms in total. The normalized spacial score (nSPS) is 19.7. The number of rotatable bonds is 2. The Morgan fingerprint density at radius 2 is 2.16 bits per heavy atom. The molecule has 3 rings (SSSR count). The third kappa shape index (κ3) is 2.71. The Bertz CT molecular complexity index is 639. The van der Waals surface area contributed by atoms with E-state index < -0.39 is 0 Å². The van der Waals surface area contributed by atoms with E-state index in [2.05, 4.69) is 22.4 Å². The minimum absolute atomic E-state index is 0.00852. The summed E-state index contributed by atoms with van der Waals surface area (Å²) >= 11 is 0. The maximum Gasteiger partial charge on any atom is 0.251 e. The smallest absolute Gasteiger partial charge is 0.251 e. The Hall–Kier alpha value is -1.61. The number of hydrogen-bond donors (Lipinski definition) is 2. The summed E-state index contributed by atoms with van der Waals surface area (Å²) in [6.07, 6.45) is 4.98. The number of H-pyrrole nitrogens is 1. The van der Waals surface area contributed by atoms with Crippen molar-refractivity contribution in [3.05, 3.63) is 45.7 Å². The lowest BCUT2D eigenvalue weighted by Gasteiger charge is -2.23. The lowest BCUT2D eigenvalue weighted by atomic mass is 9.97. The van der Waals surface area contributed by atoms with Gasteiger partial charge in [0.1, 0.15) is 0 Å². The van der Waals surface area contributed by atoms with Crippen molar-refractivity contribution in [3.63, 3.8) is 0 Å². The van der Waals surface area contributed by atoms with Gasteiger partial charge in [0, 0.05) is 17.1 Å². The topological polar surface area (TPSA) is 44.9 Å². The van der Waals surface area contributed by atoms with E-state index in [4.69, 9.17) is 0 Å². The number of piperidine rings is 1. The maximum atomic E-state index is 11.6. The van der Waals surface area contributed by atoms with Crippen LogP contribution in [0.2, 0.25) is 0 Å². The molecule has 1 aliphatic rings. The van der Waals surface area contributed by atoms with E-state index in [0.717, 1.165) is 29.4 Å². The van der Waals surface area contributed by atoms with Gasteiger partial charge in [0.05, 0.1) is 0 Å². The molecule has 19 heavy (non-hydrogen) atoms. The van der Waals surface area contributed by atoms with Gasteiger partial charge in [-0.1, -0.05) is 12.5 Å². The molecule has 2 heterocycles. The van der Waals surface area contributed by atoms with Crippen molar-refractivity contribution < 1.29 is 0 Å². The summed E-state index contributed by atoms with van der Waals surface area (Å²) in [5.41, 5.74) is 3.06. The van der Waals surface area contributed by atoms with Crippen molar-refractivity contribution in [1.29, 1.82) is 0 Å². The second kappa shape index (κ2) is 5.17. The highest BCUT2D eigenvalue weighted by Crippen LogP contribution is 2.17. The highest BCUT2D eigenvalue weighted by Gasteiger charge is 2.13. The number of fused-ring (bicyclic) bond motifs is 1. The summed E-state index contributed by atoms with van der Waals surface area (Å²) in [4.78, 5) is 14.5. The zero-order valence-electron chi connectivity index (χ0n) is 11.3. The first-order valence-corrected chi connectivity index (χ1v) is 7.08. The SMILES string of the molecule is Cc1cc2cc(CC3CCCCN3)ccc2[nH]c1=O. The first-order valence-electron chi connectivity index (χ1n) is 7.08. The predicted octanol–water partition coefficient (Wildman–Crippen LogP) is 2.52. The molecule has 1 aromatic heterocycles. The minimum Gasteiger partial charge on any atom is -0.322 e. The fraction of sp³-hybridized carbons (Fsp3) is 0.438. The number of aryl methyl sites for hydroxylation is 1. The number of pyridine rings is 1. The zero-order chi connectivity index (χ0) is 13.2. The van der Waals surface area contributed by atoms with Crippen molar-refractivity contribution in [2.75, 3.05) is 6.54 Å². The molecule has 1 unspecified atom stereocenters. The molecule has 1 fully saturated rings. The van der Waals surface area contributed by atoms with Crippen LogP contribution in [-0.2, 0) is 6.42 Å². The van der Waals surface area contributed by atoms with Crippen molar-refractivity contribution in [2.24, 2.45) is 0 Å². The Morgan fingerprint density at radius 3 is 2.95 bits per heavy atom. The Kier molecular flexibility index (Phi) is 3.38. The molecule has 2 N–H and O–H groups in total. The van der Waals surface area contributed by atoms with Crippen molar-refractivity contribution in [1.82, 2.24) is 10.3 Å². The highest BCUT2D eigenvalue weighted by molar-refractivity contribution is 5.79. The molecule has 1 saturated heterocycles. The van der Waals surface area contributed by atoms with Crippen LogP contribution in [0.25, 0.3) is 10.9 Å². The van der Waals surface area contributed by atoms with Gasteiger partial charge in [-0.05, 0) is 61.9 Å². The van der Waals surface area contributed by atoms with E-state index in [9.17, 15) is 4.79 Å². The fourth-order valence-electron chi connectivity index (χ4n) is 2.87. The summed E-state index contributed by atoms with van der Waals surface area (Å²) in [7, 11) is 0. The highest BCUT2D eigenvalue weighted by atomic mass is 16.1. The monoisotopic (exact) mass is 256 g/mol. The zero-order valence-corrected chi connectivity index (χ0v) is 11.3. The van der Waals surface area contributed by atoms with E-state index in [1.165, 1.54) is 24.8 Å². The first kappa shape index (κ1) is 12.4. The third-order valence-electron chi connectivity index (χ3n) is 3.99. The minimum atomic E-state index is 0.00852. The molecule has 0 spiro atoms. The second-order valence-electron chi connectivity index (χ2n) is 5.55. The molecule has 0 bridgehead atoms. The van der Waals surface area contributed by atoms with Gasteiger partial charge >= 0.3 is 0 Å². The van der Waals surface area contributed by atoms with Crippen molar-refractivity contribution in [3.8, 4) is 0 Å². The lowest BCUT2D eigenvalue weighted by molar-refractivity contribution is 0.399. The average molecular weight is 256 g/mol. The van der Waals surface area contributed by atoms with E-state index in [1.54, 1.807) is 0 Å². The van der Waals surface area contributed by atoms with Crippen LogP contribution in [0.3, 0.4) is 0 Å². The average Bonchev–Trinajstić information content (AvgIpc) is 2.42. The van der Waals surface area contributed by atoms with Gasteiger partial charge in [0.15, 0.2) is 0 Å². The van der Waals surface area contributed by atoms with E-state index in [-0.39, 0.29) is 5.56 Å². The van der Waals surface area contributed by atoms with Crippen LogP contribution in [0, 0.1) is 6.92 Å². The summed E-state index contributed by atoms with van der Waals surface area (Å²) in [6.45, 7) is 3.00. The van der Waals surface area contributed by atoms with Crippen LogP contribution in [0.15, 0.2) is 29.1 Å². The van der Waals surface area contributed by atoms with E-state index in [0.29, 0.717) is 6.04 Å². The van der Waals surface area contributed by atoms with Gasteiger partial charge in [0.25, 0.3) is 5.56 Å². The van der Waals surface area contributed by atoms with Crippen LogP contribution in [0.5, 0.6) is 0 Å². The van der Waals surface area contributed by atoms with Crippen LogP contribution in [0.1, 0.15) is 30.4 Å². The van der Waals surface area contributed by atoms with Gasteiger partial charge in [-0.3, -0.25) is 4.79 Å². The summed E-state index contributed by atoms with van der Waals surface area (Å²) < 4.78 is 0. The molecule has 0 saturated carbocycles. The summed E-state index contributed by atoms with van der Waals surface area (Å²) in [5, 5.41) is 4.71. The van der Waals surface area contributed by atoms with Gasteiger partial charge in [-0.25, -0.2) is 0 Å². The molecule has 0 amide bonds. The largest absolute Gasteiger partial charge is 0.322 e. The van der Waals surface area contributed by atoms with Crippen LogP contribution in [-0.4, -0.2) is 17.6 Å². The lowest BCUT2D eigenvalue weighted by Crippen LogP contribution is -2.35. The van der Waals surface area contributed by atoms with Gasteiger partial charge in [-0.15, -0.1) is 0 Å². The second-order valence-corrected chi connectivity index (χ2v) is 5.55. The predicted molar refractivity (Wildman–Crippen MR) is 78.7 cm³/mol. The summed E-state index contributed by atoms with van der Waals surface area (Å²) in [6, 6.07) is 8.94. The number of aromatic nitrogens is 1. The summed E-state index contributed by atoms with van der Waals surface area (Å²) in [5.74, 6) is 0. The van der Waals surface area contributed by atoms with Gasteiger partial charge in [0.2, 0.25) is 0 Å². The van der Waals surface area contributed by atoms with Gasteiger partial charge in [-0.2, -0.15) is 0 Å². The molecular formula is C16H20N2O. The van der Waals surface area contributed by atoms with E-state index >= 15 is 0 Å². The Labute approximate surface area is 113 Å². The number of nitrogens with one attached hydrogen (secondary N) is 2. The van der Waals surface area contributed by atoms with Gasteiger partial charge < -0.3 is 10.3 Å². The molecule has 100 valence electrons. The standard InChI is InChI=1S/C16H20N2O/c1-11-8-13-9-12(5-6-15(13)18-16(11)19)10-14-4-2-3-7-17-14/h5-6,8-9,14,17H,2-4,7,10H2,1H3,(H,18,19). The molecular weight excluding hydrogens is 236 g/mol. The van der Waals surface area contributed by atoms with Crippen molar-refractivity contribution in [2.45, 2.75) is 38.6 Å². The molecule has 1 aliphatic heterocycles. The Morgan fingerprint density at radius 1 is 1.26 bits per heavy atom. The van der Waals surface area contributed by atoms with Crippen LogP contribution in [0.4, 0.5) is 0 Å². The molecule has 3 heteroatoms. The Balaban J connectivity index is 1.88. The first-order chi connectivity index (χ1) is 9.22. The molecule has 1 aromatic carbocycles. The van der Waals surface area contributed by atoms with Crippen LogP contribution >= 0.6 is 0 Å². The molecule has 2 aromatic rings. The quantitative estimate of drug-likeness (QED) is 0.867. The number of hydrogen-bond acceptors (Lipinski definition) is 2. The molecule has 1 atom stereocenters. The van der Waals surface area contributed by atoms with Crippen LogP contribution < -0.4 is 10.9 Å².